The van der Waals surface area contributed by atoms with Gasteiger partial charge in [0.25, 0.3) is 5.91 Å². The summed E-state index contributed by atoms with van der Waals surface area (Å²) in [6, 6.07) is 17.5. The molecule has 0 N–H and O–H groups in total. The first kappa shape index (κ1) is 23.0. The number of hydrogen-bond donors (Lipinski definition) is 0. The highest BCUT2D eigenvalue weighted by molar-refractivity contribution is 8.00. The zero-order valence-corrected chi connectivity index (χ0v) is 20.6. The van der Waals surface area contributed by atoms with Gasteiger partial charge in [-0.05, 0) is 47.5 Å². The average Bonchev–Trinajstić information content (AvgIpc) is 3.67. The molecule has 0 unspecified atom stereocenters. The maximum Gasteiger partial charge on any atom is 0.253 e. The van der Waals surface area contributed by atoms with E-state index in [1.807, 2.05) is 58.3 Å². The number of rotatable bonds is 6. The van der Waals surface area contributed by atoms with Crippen LogP contribution in [0.1, 0.15) is 32.6 Å². The van der Waals surface area contributed by atoms with Crippen LogP contribution in [-0.4, -0.2) is 65.2 Å². The number of nitrogens with zero attached hydrogens (tertiary/aromatic N) is 3. The zero-order chi connectivity index (χ0) is 24.5. The van der Waals surface area contributed by atoms with Gasteiger partial charge in [0.05, 0.1) is 18.6 Å². The van der Waals surface area contributed by atoms with Crippen LogP contribution in [0, 0.1) is 0 Å². The summed E-state index contributed by atoms with van der Waals surface area (Å²) in [5, 5.41) is -0.0773. The SMILES string of the molecule is O=C(c1ccc([C@@H]2SCC(=O)N2Cc2ccco2)cc1)N1CCN(Cc2ccc3c(c2)OCO3)CC1. The van der Waals surface area contributed by atoms with E-state index in [1.165, 1.54) is 5.56 Å². The van der Waals surface area contributed by atoms with Crippen molar-refractivity contribution in [2.75, 3.05) is 38.7 Å². The summed E-state index contributed by atoms with van der Waals surface area (Å²) in [5.74, 6) is 2.95. The van der Waals surface area contributed by atoms with E-state index in [9.17, 15) is 9.59 Å². The number of hydrogen-bond acceptors (Lipinski definition) is 7. The van der Waals surface area contributed by atoms with Crippen LogP contribution >= 0.6 is 11.8 Å². The van der Waals surface area contributed by atoms with E-state index >= 15 is 0 Å². The summed E-state index contributed by atoms with van der Waals surface area (Å²) in [4.78, 5) is 31.7. The predicted molar refractivity (Wildman–Crippen MR) is 135 cm³/mol. The van der Waals surface area contributed by atoms with Crippen LogP contribution < -0.4 is 9.47 Å². The van der Waals surface area contributed by atoms with Crippen LogP contribution in [0.4, 0.5) is 0 Å². The second-order valence-electron chi connectivity index (χ2n) is 9.14. The van der Waals surface area contributed by atoms with Gasteiger partial charge in [0.2, 0.25) is 12.7 Å². The second kappa shape index (κ2) is 9.91. The number of piperazine rings is 1. The van der Waals surface area contributed by atoms with Crippen molar-refractivity contribution in [2.45, 2.75) is 18.5 Å². The average molecular weight is 506 g/mol. The van der Waals surface area contributed by atoms with E-state index in [0.717, 1.165) is 42.5 Å². The monoisotopic (exact) mass is 505 g/mol. The van der Waals surface area contributed by atoms with E-state index in [2.05, 4.69) is 11.0 Å². The molecule has 2 aromatic carbocycles. The number of furan rings is 1. The molecule has 8 nitrogen and oxygen atoms in total. The largest absolute Gasteiger partial charge is 0.467 e. The molecule has 0 radical (unpaired) electrons. The van der Waals surface area contributed by atoms with Crippen LogP contribution in [0.25, 0.3) is 0 Å². The maximum atomic E-state index is 13.1. The number of amides is 2. The minimum atomic E-state index is -0.0773. The Morgan fingerprint density at radius 2 is 1.75 bits per heavy atom. The number of benzene rings is 2. The van der Waals surface area contributed by atoms with Gasteiger partial charge in [-0.15, -0.1) is 11.8 Å². The summed E-state index contributed by atoms with van der Waals surface area (Å²) < 4.78 is 16.3. The van der Waals surface area contributed by atoms with Gasteiger partial charge >= 0.3 is 0 Å². The molecule has 2 amide bonds. The summed E-state index contributed by atoms with van der Waals surface area (Å²) in [6.07, 6.45) is 1.62. The lowest BCUT2D eigenvalue weighted by Gasteiger charge is -2.35. The molecule has 0 bridgehead atoms. The first-order valence-corrected chi connectivity index (χ1v) is 13.1. The van der Waals surface area contributed by atoms with Crippen molar-refractivity contribution in [3.63, 3.8) is 0 Å². The second-order valence-corrected chi connectivity index (χ2v) is 10.2. The molecule has 186 valence electrons. The Labute approximate surface area is 213 Å². The quantitative estimate of drug-likeness (QED) is 0.505. The Kier molecular flexibility index (Phi) is 6.33. The normalized spacial score (nSPS) is 19.8. The number of thioether (sulfide) groups is 1. The fourth-order valence-corrected chi connectivity index (χ4v) is 6.04. The maximum absolute atomic E-state index is 13.1. The van der Waals surface area contributed by atoms with Gasteiger partial charge in [-0.3, -0.25) is 14.5 Å². The highest BCUT2D eigenvalue weighted by Crippen LogP contribution is 2.39. The predicted octanol–water partition coefficient (Wildman–Crippen LogP) is 3.74. The molecule has 4 heterocycles. The van der Waals surface area contributed by atoms with Crippen LogP contribution in [0.3, 0.4) is 0 Å². The van der Waals surface area contributed by atoms with Gasteiger partial charge in [0, 0.05) is 38.3 Å². The molecular formula is C27H27N3O5S. The fraction of sp³-hybridized carbons (Fsp3) is 0.333. The molecule has 1 atom stereocenters. The summed E-state index contributed by atoms with van der Waals surface area (Å²) in [6.45, 7) is 4.56. The standard InChI is InChI=1S/C27H27N3O5S/c31-25-17-36-27(30(25)16-22-2-1-13-33-22)21-6-4-20(5-7-21)26(32)29-11-9-28(10-12-29)15-19-3-8-23-24(14-19)35-18-34-23/h1-8,13-14,27H,9-12,15-18H2/t27-/m0/s1. The van der Waals surface area contributed by atoms with Crippen molar-refractivity contribution in [1.29, 1.82) is 0 Å². The Morgan fingerprint density at radius 3 is 2.53 bits per heavy atom. The van der Waals surface area contributed by atoms with Crippen molar-refractivity contribution in [3.05, 3.63) is 83.3 Å². The summed E-state index contributed by atoms with van der Waals surface area (Å²) >= 11 is 1.60. The van der Waals surface area contributed by atoms with Gasteiger partial charge in [0.15, 0.2) is 11.5 Å². The van der Waals surface area contributed by atoms with Crippen molar-refractivity contribution in [3.8, 4) is 11.5 Å². The van der Waals surface area contributed by atoms with E-state index in [0.29, 0.717) is 31.0 Å². The lowest BCUT2D eigenvalue weighted by molar-refractivity contribution is -0.128. The minimum Gasteiger partial charge on any atom is -0.467 e. The lowest BCUT2D eigenvalue weighted by atomic mass is 10.1. The highest BCUT2D eigenvalue weighted by atomic mass is 32.2. The summed E-state index contributed by atoms with van der Waals surface area (Å²) in [7, 11) is 0. The summed E-state index contributed by atoms with van der Waals surface area (Å²) in [5.41, 5.74) is 2.87. The van der Waals surface area contributed by atoms with E-state index in [-0.39, 0.29) is 24.0 Å². The fourth-order valence-electron chi connectivity index (χ4n) is 4.85. The van der Waals surface area contributed by atoms with Crippen LogP contribution in [0.2, 0.25) is 0 Å². The molecule has 6 rings (SSSR count). The van der Waals surface area contributed by atoms with Crippen LogP contribution in [0.15, 0.2) is 65.3 Å². The molecule has 36 heavy (non-hydrogen) atoms. The topological polar surface area (TPSA) is 75.5 Å². The Balaban J connectivity index is 1.05. The molecule has 2 fully saturated rings. The molecule has 0 aliphatic carbocycles. The third-order valence-electron chi connectivity index (χ3n) is 6.82. The molecule has 3 aromatic rings. The third-order valence-corrected chi connectivity index (χ3v) is 8.08. The van der Waals surface area contributed by atoms with E-state index in [4.69, 9.17) is 13.9 Å². The number of carbonyl (C=O) groups excluding carboxylic acids is 2. The van der Waals surface area contributed by atoms with E-state index in [1.54, 1.807) is 18.0 Å². The van der Waals surface area contributed by atoms with Crippen molar-refractivity contribution in [1.82, 2.24) is 14.7 Å². The van der Waals surface area contributed by atoms with Gasteiger partial charge in [-0.2, -0.15) is 0 Å². The van der Waals surface area contributed by atoms with Gasteiger partial charge < -0.3 is 23.7 Å². The first-order valence-electron chi connectivity index (χ1n) is 12.1. The van der Waals surface area contributed by atoms with Crippen molar-refractivity contribution in [2.24, 2.45) is 0 Å². The minimum absolute atomic E-state index is 0.0480. The van der Waals surface area contributed by atoms with E-state index < -0.39 is 0 Å². The lowest BCUT2D eigenvalue weighted by Crippen LogP contribution is -2.48. The first-order chi connectivity index (χ1) is 17.6. The van der Waals surface area contributed by atoms with Crippen LogP contribution in [-0.2, 0) is 17.9 Å². The van der Waals surface area contributed by atoms with Crippen molar-refractivity contribution >= 4 is 23.6 Å². The molecule has 2 saturated heterocycles. The van der Waals surface area contributed by atoms with Gasteiger partial charge in [0.1, 0.15) is 11.1 Å². The van der Waals surface area contributed by atoms with Gasteiger partial charge in [-0.1, -0.05) is 18.2 Å². The smallest absolute Gasteiger partial charge is 0.253 e. The molecule has 3 aliphatic rings. The number of ether oxygens (including phenoxy) is 2. The molecule has 1 aromatic heterocycles. The Hall–Kier alpha value is -3.43. The molecule has 9 heteroatoms. The van der Waals surface area contributed by atoms with Crippen LogP contribution in [0.5, 0.6) is 11.5 Å². The third kappa shape index (κ3) is 4.68. The number of fused-ring (bicyclic) bond motifs is 1. The number of carbonyl (C=O) groups is 2. The molecule has 0 saturated carbocycles. The molecule has 0 spiro atoms. The highest BCUT2D eigenvalue weighted by Gasteiger charge is 2.33. The van der Waals surface area contributed by atoms with Gasteiger partial charge in [-0.25, -0.2) is 0 Å². The Morgan fingerprint density at radius 1 is 0.944 bits per heavy atom. The molecule has 3 aliphatic heterocycles. The molecular weight excluding hydrogens is 478 g/mol. The van der Waals surface area contributed by atoms with Crippen molar-refractivity contribution < 1.29 is 23.5 Å². The zero-order valence-electron chi connectivity index (χ0n) is 19.8. The Bertz CT molecular complexity index is 1240.